The van der Waals surface area contributed by atoms with E-state index in [9.17, 15) is 0 Å². The Morgan fingerprint density at radius 2 is 1.62 bits per heavy atom. The number of fused-ring (bicyclic) bond motifs is 2. The van der Waals surface area contributed by atoms with Crippen LogP contribution >= 0.6 is 0 Å². The monoisotopic (exact) mass is 269 g/mol. The molecule has 0 amide bonds. The van der Waals surface area contributed by atoms with Gasteiger partial charge < -0.3 is 0 Å². The molecule has 0 atom stereocenters. The maximum Gasteiger partial charge on any atom is 0.0346 e. The highest BCUT2D eigenvalue weighted by Crippen LogP contribution is 2.12. The SMILES string of the molecule is C1=C=Cc2ccccc2CC=1.c1ccc2cnccc2c1. The summed E-state index contributed by atoms with van der Waals surface area (Å²) in [7, 11) is 0. The number of pyridine rings is 1. The summed E-state index contributed by atoms with van der Waals surface area (Å²) in [5.41, 5.74) is 8.55. The molecule has 0 aliphatic heterocycles. The Balaban J connectivity index is 0.000000126. The maximum atomic E-state index is 4.01. The number of nitrogens with zero attached hydrogens (tertiary/aromatic N) is 1. The van der Waals surface area contributed by atoms with Crippen LogP contribution < -0.4 is 0 Å². The van der Waals surface area contributed by atoms with E-state index in [2.05, 4.69) is 46.8 Å². The Hall–Kier alpha value is -2.85. The van der Waals surface area contributed by atoms with Gasteiger partial charge in [-0.15, -0.1) is 0 Å². The van der Waals surface area contributed by atoms with E-state index in [1.807, 2.05) is 48.8 Å². The van der Waals surface area contributed by atoms with Gasteiger partial charge in [-0.2, -0.15) is 0 Å². The molecule has 0 fully saturated rings. The molecule has 0 N–H and O–H groups in total. The number of rotatable bonds is 0. The van der Waals surface area contributed by atoms with E-state index < -0.39 is 0 Å². The fourth-order valence-electron chi connectivity index (χ4n) is 2.23. The highest BCUT2D eigenvalue weighted by molar-refractivity contribution is 5.80. The molecule has 0 bridgehead atoms. The number of hydrogen-bond donors (Lipinski definition) is 0. The van der Waals surface area contributed by atoms with Gasteiger partial charge in [0.15, 0.2) is 0 Å². The molecule has 1 aliphatic carbocycles. The normalized spacial score (nSPS) is 11.4. The van der Waals surface area contributed by atoms with Crippen molar-refractivity contribution in [3.63, 3.8) is 0 Å². The fourth-order valence-corrected chi connectivity index (χ4v) is 2.23. The lowest BCUT2D eigenvalue weighted by atomic mass is 10.1. The van der Waals surface area contributed by atoms with Crippen molar-refractivity contribution < 1.29 is 0 Å². The zero-order valence-corrected chi connectivity index (χ0v) is 11.7. The minimum absolute atomic E-state index is 0.972. The molecule has 3 aromatic rings. The lowest BCUT2D eigenvalue weighted by molar-refractivity contribution is 1.27. The molecule has 4 rings (SSSR count). The molecule has 1 heteroatoms. The Labute approximate surface area is 124 Å². The summed E-state index contributed by atoms with van der Waals surface area (Å²) < 4.78 is 0. The van der Waals surface area contributed by atoms with Crippen molar-refractivity contribution in [3.05, 3.63) is 95.7 Å². The standard InChI is InChI=1S/C11H8.C9H7N/c1-2-6-10-8-4-5-9-11(10)7-3-1;1-2-4-9-7-10-6-5-8(9)3-1/h2,4-5,7-9H,6H2;1-7H. The second-order valence-corrected chi connectivity index (χ2v) is 4.76. The first kappa shape index (κ1) is 13.1. The number of allylic oxidation sites excluding steroid dienone is 1. The lowest BCUT2D eigenvalue weighted by Gasteiger charge is -1.98. The Bertz CT molecular complexity index is 783. The quantitative estimate of drug-likeness (QED) is 0.534. The average molecular weight is 269 g/mol. The first-order valence-electron chi connectivity index (χ1n) is 6.96. The van der Waals surface area contributed by atoms with Crippen LogP contribution in [0.3, 0.4) is 0 Å². The van der Waals surface area contributed by atoms with Gasteiger partial charge in [0, 0.05) is 12.4 Å². The van der Waals surface area contributed by atoms with E-state index >= 15 is 0 Å². The second-order valence-electron chi connectivity index (χ2n) is 4.76. The summed E-state index contributed by atoms with van der Waals surface area (Å²) in [6, 6.07) is 18.5. The predicted molar refractivity (Wildman–Crippen MR) is 87.9 cm³/mol. The van der Waals surface area contributed by atoms with Crippen LogP contribution in [0.2, 0.25) is 0 Å². The third-order valence-electron chi connectivity index (χ3n) is 3.34. The van der Waals surface area contributed by atoms with Gasteiger partial charge in [0.25, 0.3) is 0 Å². The van der Waals surface area contributed by atoms with E-state index in [0.29, 0.717) is 0 Å². The molecule has 2 aromatic carbocycles. The molecule has 0 radical (unpaired) electrons. The molecule has 100 valence electrons. The highest BCUT2D eigenvalue weighted by Gasteiger charge is 1.96. The van der Waals surface area contributed by atoms with E-state index in [-0.39, 0.29) is 0 Å². The lowest BCUT2D eigenvalue weighted by Crippen LogP contribution is -1.83. The summed E-state index contributed by atoms with van der Waals surface area (Å²) in [4.78, 5) is 4.01. The van der Waals surface area contributed by atoms with Crippen LogP contribution in [0, 0.1) is 0 Å². The molecule has 1 nitrogen and oxygen atoms in total. The van der Waals surface area contributed by atoms with Crippen molar-refractivity contribution in [1.29, 1.82) is 0 Å². The van der Waals surface area contributed by atoms with Crippen molar-refractivity contribution in [1.82, 2.24) is 4.98 Å². The van der Waals surface area contributed by atoms with Crippen molar-refractivity contribution in [2.45, 2.75) is 6.42 Å². The van der Waals surface area contributed by atoms with Gasteiger partial charge >= 0.3 is 0 Å². The van der Waals surface area contributed by atoms with Crippen molar-refractivity contribution in [2.24, 2.45) is 0 Å². The van der Waals surface area contributed by atoms with Crippen LogP contribution in [0.1, 0.15) is 11.1 Å². The Morgan fingerprint density at radius 3 is 2.52 bits per heavy atom. The van der Waals surface area contributed by atoms with E-state index in [0.717, 1.165) is 6.42 Å². The minimum atomic E-state index is 0.972. The first-order valence-corrected chi connectivity index (χ1v) is 6.96. The minimum Gasteiger partial charge on any atom is -0.264 e. The van der Waals surface area contributed by atoms with E-state index in [1.54, 1.807) is 0 Å². The van der Waals surface area contributed by atoms with Crippen LogP contribution in [-0.2, 0) is 6.42 Å². The van der Waals surface area contributed by atoms with Gasteiger partial charge in [-0.1, -0.05) is 60.0 Å². The van der Waals surface area contributed by atoms with Gasteiger partial charge in [-0.3, -0.25) is 4.98 Å². The van der Waals surface area contributed by atoms with E-state index in [4.69, 9.17) is 0 Å². The average Bonchev–Trinajstić information content (AvgIpc) is 2.81. The van der Waals surface area contributed by atoms with Gasteiger partial charge in [-0.05, 0) is 46.5 Å². The molecule has 21 heavy (non-hydrogen) atoms. The largest absolute Gasteiger partial charge is 0.264 e. The number of benzene rings is 2. The maximum absolute atomic E-state index is 4.01. The molecule has 1 aliphatic rings. The third-order valence-corrected chi connectivity index (χ3v) is 3.34. The van der Waals surface area contributed by atoms with Crippen LogP contribution in [0.25, 0.3) is 16.8 Å². The molecular weight excluding hydrogens is 254 g/mol. The molecule has 1 heterocycles. The fraction of sp³-hybridized carbons (Fsp3) is 0.0500. The summed E-state index contributed by atoms with van der Waals surface area (Å²) in [6.07, 6.45) is 8.62. The van der Waals surface area contributed by atoms with Crippen LogP contribution in [0.4, 0.5) is 0 Å². The van der Waals surface area contributed by atoms with Crippen LogP contribution in [0.15, 0.2) is 84.5 Å². The van der Waals surface area contributed by atoms with Crippen molar-refractivity contribution in [3.8, 4) is 0 Å². The Kier molecular flexibility index (Phi) is 4.10. The van der Waals surface area contributed by atoms with Gasteiger partial charge in [0.05, 0.1) is 0 Å². The van der Waals surface area contributed by atoms with Crippen LogP contribution in [-0.4, -0.2) is 4.98 Å². The van der Waals surface area contributed by atoms with E-state index in [1.165, 1.54) is 21.9 Å². The zero-order valence-electron chi connectivity index (χ0n) is 11.7. The molecule has 0 saturated heterocycles. The predicted octanol–water partition coefficient (Wildman–Crippen LogP) is 4.80. The van der Waals surface area contributed by atoms with Crippen LogP contribution in [0.5, 0.6) is 0 Å². The topological polar surface area (TPSA) is 12.9 Å². The molecule has 0 saturated carbocycles. The molecular formula is C20H15N. The first-order chi connectivity index (χ1) is 10.4. The van der Waals surface area contributed by atoms with Gasteiger partial charge in [0.1, 0.15) is 0 Å². The summed E-state index contributed by atoms with van der Waals surface area (Å²) in [6.45, 7) is 0. The van der Waals surface area contributed by atoms with Gasteiger partial charge in [0.2, 0.25) is 0 Å². The molecule has 0 spiro atoms. The number of hydrogen-bond acceptors (Lipinski definition) is 1. The summed E-state index contributed by atoms with van der Waals surface area (Å²) >= 11 is 0. The second kappa shape index (κ2) is 6.54. The van der Waals surface area contributed by atoms with Crippen molar-refractivity contribution in [2.75, 3.05) is 0 Å². The van der Waals surface area contributed by atoms with Crippen molar-refractivity contribution >= 4 is 16.8 Å². The third kappa shape index (κ3) is 3.38. The van der Waals surface area contributed by atoms with Gasteiger partial charge in [-0.25, -0.2) is 0 Å². The zero-order chi connectivity index (χ0) is 14.3. The Morgan fingerprint density at radius 1 is 0.810 bits per heavy atom. The number of aromatic nitrogens is 1. The smallest absolute Gasteiger partial charge is 0.0346 e. The molecule has 1 aromatic heterocycles. The highest BCUT2D eigenvalue weighted by atomic mass is 14.6. The molecule has 0 unspecified atom stereocenters. The summed E-state index contributed by atoms with van der Waals surface area (Å²) in [5.74, 6) is 0. The summed E-state index contributed by atoms with van der Waals surface area (Å²) in [5, 5.41) is 2.45.